The summed E-state index contributed by atoms with van der Waals surface area (Å²) in [7, 11) is 0. The Kier molecular flexibility index (Phi) is 7.03. The normalized spacial score (nSPS) is 17.5. The highest BCUT2D eigenvalue weighted by atomic mass is 17.1. The van der Waals surface area contributed by atoms with Crippen molar-refractivity contribution in [2.75, 3.05) is 0 Å². The molecular formula is C16H34O6. The zero-order chi connectivity index (χ0) is 18.0. The Morgan fingerprint density at radius 3 is 0.909 bits per heavy atom. The standard InChI is InChI=1S/C16H34O6/c1-13(2,3)21-15(7,8)11(19-17)12(20-18)16(9,10)22-14(4,5)6/h11-12,17-18H,1-10H3. The van der Waals surface area contributed by atoms with Gasteiger partial charge in [0.05, 0.1) is 22.4 Å². The van der Waals surface area contributed by atoms with E-state index in [4.69, 9.17) is 9.47 Å². The van der Waals surface area contributed by atoms with E-state index < -0.39 is 34.6 Å². The Labute approximate surface area is 134 Å². The number of hydrogen-bond acceptors (Lipinski definition) is 6. The molecule has 0 aromatic carbocycles. The molecular weight excluding hydrogens is 288 g/mol. The predicted octanol–water partition coefficient (Wildman–Crippen LogP) is 3.89. The first-order chi connectivity index (χ1) is 9.56. The highest BCUT2D eigenvalue weighted by Crippen LogP contribution is 2.34. The second-order valence-corrected chi connectivity index (χ2v) is 8.69. The summed E-state index contributed by atoms with van der Waals surface area (Å²) in [5.41, 5.74) is -2.79. The van der Waals surface area contributed by atoms with Crippen molar-refractivity contribution in [3.05, 3.63) is 0 Å². The molecule has 0 aromatic rings. The van der Waals surface area contributed by atoms with E-state index in [-0.39, 0.29) is 0 Å². The minimum atomic E-state index is -0.964. The lowest BCUT2D eigenvalue weighted by Gasteiger charge is -2.45. The van der Waals surface area contributed by atoms with Crippen LogP contribution in [0.1, 0.15) is 69.2 Å². The molecule has 0 aromatic heterocycles. The summed E-state index contributed by atoms with van der Waals surface area (Å²) in [6.45, 7) is 18.4. The van der Waals surface area contributed by atoms with Gasteiger partial charge in [-0.25, -0.2) is 9.78 Å². The third-order valence-electron chi connectivity index (χ3n) is 3.01. The Morgan fingerprint density at radius 2 is 0.773 bits per heavy atom. The Bertz CT molecular complexity index is 304. The van der Waals surface area contributed by atoms with Gasteiger partial charge in [0.25, 0.3) is 0 Å². The van der Waals surface area contributed by atoms with Gasteiger partial charge in [0, 0.05) is 0 Å². The Balaban J connectivity index is 5.48. The van der Waals surface area contributed by atoms with Crippen LogP contribution in [0.2, 0.25) is 0 Å². The van der Waals surface area contributed by atoms with Crippen molar-refractivity contribution >= 4 is 0 Å². The van der Waals surface area contributed by atoms with E-state index in [1.54, 1.807) is 27.7 Å². The molecule has 6 heteroatoms. The van der Waals surface area contributed by atoms with Gasteiger partial charge in [-0.05, 0) is 69.2 Å². The van der Waals surface area contributed by atoms with Crippen LogP contribution in [0.3, 0.4) is 0 Å². The second-order valence-electron chi connectivity index (χ2n) is 8.69. The highest BCUT2D eigenvalue weighted by molar-refractivity contribution is 4.96. The summed E-state index contributed by atoms with van der Waals surface area (Å²) in [5.74, 6) is 0. The summed E-state index contributed by atoms with van der Waals surface area (Å²) in [5, 5.41) is 18.8. The molecule has 0 fully saturated rings. The van der Waals surface area contributed by atoms with Crippen molar-refractivity contribution in [2.24, 2.45) is 0 Å². The topological polar surface area (TPSA) is 77.4 Å². The van der Waals surface area contributed by atoms with Crippen molar-refractivity contribution in [1.29, 1.82) is 0 Å². The molecule has 134 valence electrons. The molecule has 0 heterocycles. The lowest BCUT2D eigenvalue weighted by atomic mass is 9.86. The van der Waals surface area contributed by atoms with Crippen LogP contribution in [0.4, 0.5) is 0 Å². The van der Waals surface area contributed by atoms with E-state index in [0.717, 1.165) is 0 Å². The lowest BCUT2D eigenvalue weighted by molar-refractivity contribution is -0.409. The molecule has 2 atom stereocenters. The molecule has 0 aliphatic rings. The van der Waals surface area contributed by atoms with Crippen LogP contribution in [0.5, 0.6) is 0 Å². The fraction of sp³-hybridized carbons (Fsp3) is 1.00. The quantitative estimate of drug-likeness (QED) is 0.547. The molecule has 6 nitrogen and oxygen atoms in total. The van der Waals surface area contributed by atoms with E-state index in [2.05, 4.69) is 9.78 Å². The van der Waals surface area contributed by atoms with Gasteiger partial charge in [0.15, 0.2) is 12.2 Å². The van der Waals surface area contributed by atoms with Crippen LogP contribution >= 0.6 is 0 Å². The molecule has 0 amide bonds. The third kappa shape index (κ3) is 6.89. The number of hydrogen-bond donors (Lipinski definition) is 2. The van der Waals surface area contributed by atoms with Gasteiger partial charge in [0.1, 0.15) is 0 Å². The summed E-state index contributed by atoms with van der Waals surface area (Å²) >= 11 is 0. The Morgan fingerprint density at radius 1 is 0.545 bits per heavy atom. The molecule has 0 rings (SSSR count). The fourth-order valence-corrected chi connectivity index (χ4v) is 2.79. The van der Waals surface area contributed by atoms with E-state index >= 15 is 0 Å². The first kappa shape index (κ1) is 21.8. The molecule has 0 radical (unpaired) electrons. The van der Waals surface area contributed by atoms with Crippen molar-refractivity contribution in [2.45, 2.75) is 104 Å². The van der Waals surface area contributed by atoms with E-state index in [9.17, 15) is 10.5 Å². The monoisotopic (exact) mass is 322 g/mol. The third-order valence-corrected chi connectivity index (χ3v) is 3.01. The maximum Gasteiger partial charge on any atom is 0.153 e. The highest BCUT2D eigenvalue weighted by Gasteiger charge is 2.50. The van der Waals surface area contributed by atoms with Gasteiger partial charge in [-0.2, -0.15) is 0 Å². The van der Waals surface area contributed by atoms with Crippen molar-refractivity contribution in [1.82, 2.24) is 0 Å². The SMILES string of the molecule is CC(C)(C)OC(C)(C)C(OO)C(OO)C(C)(C)OC(C)(C)C. The van der Waals surface area contributed by atoms with Gasteiger partial charge in [-0.1, -0.05) is 0 Å². The van der Waals surface area contributed by atoms with Crippen LogP contribution in [0.15, 0.2) is 0 Å². The molecule has 0 saturated carbocycles. The number of rotatable bonds is 7. The van der Waals surface area contributed by atoms with E-state index in [1.807, 2.05) is 41.5 Å². The first-order valence-corrected chi connectivity index (χ1v) is 7.56. The van der Waals surface area contributed by atoms with Crippen molar-refractivity contribution in [3.63, 3.8) is 0 Å². The molecule has 0 spiro atoms. The minimum Gasteiger partial charge on any atom is -0.367 e. The molecule has 2 N–H and O–H groups in total. The maximum atomic E-state index is 9.40. The fourth-order valence-electron chi connectivity index (χ4n) is 2.79. The van der Waals surface area contributed by atoms with Crippen LogP contribution in [-0.4, -0.2) is 45.1 Å². The first-order valence-electron chi connectivity index (χ1n) is 7.56. The lowest BCUT2D eigenvalue weighted by Crippen LogP contribution is -2.60. The second kappa shape index (κ2) is 7.11. The summed E-state index contributed by atoms with van der Waals surface area (Å²) in [6, 6.07) is 0. The van der Waals surface area contributed by atoms with E-state index in [0.29, 0.717) is 0 Å². The summed E-state index contributed by atoms with van der Waals surface area (Å²) in [4.78, 5) is 9.25. The van der Waals surface area contributed by atoms with Gasteiger partial charge in [-0.15, -0.1) is 0 Å². The van der Waals surface area contributed by atoms with Gasteiger partial charge in [-0.3, -0.25) is 10.5 Å². The average Bonchev–Trinajstić information content (AvgIpc) is 2.17. The molecule has 0 aliphatic heterocycles. The molecule has 0 saturated heterocycles. The molecule has 22 heavy (non-hydrogen) atoms. The van der Waals surface area contributed by atoms with Gasteiger partial charge < -0.3 is 9.47 Å². The van der Waals surface area contributed by atoms with Crippen LogP contribution in [-0.2, 0) is 19.2 Å². The van der Waals surface area contributed by atoms with Gasteiger partial charge >= 0.3 is 0 Å². The molecule has 2 unspecified atom stereocenters. The van der Waals surface area contributed by atoms with Crippen molar-refractivity contribution < 1.29 is 29.8 Å². The van der Waals surface area contributed by atoms with Crippen LogP contribution in [0.25, 0.3) is 0 Å². The molecule has 0 bridgehead atoms. The minimum absolute atomic E-state index is 0.463. The van der Waals surface area contributed by atoms with Crippen LogP contribution in [0, 0.1) is 0 Å². The smallest absolute Gasteiger partial charge is 0.153 e. The zero-order valence-corrected chi connectivity index (χ0v) is 15.7. The molecule has 0 aliphatic carbocycles. The maximum absolute atomic E-state index is 9.40. The average molecular weight is 322 g/mol. The largest absolute Gasteiger partial charge is 0.367 e. The zero-order valence-electron chi connectivity index (χ0n) is 15.7. The number of ether oxygens (including phenoxy) is 2. The Hall–Kier alpha value is -0.240. The summed E-state index contributed by atoms with van der Waals surface area (Å²) < 4.78 is 11.9. The van der Waals surface area contributed by atoms with Crippen molar-refractivity contribution in [3.8, 4) is 0 Å². The van der Waals surface area contributed by atoms with Gasteiger partial charge in [0.2, 0.25) is 0 Å². The van der Waals surface area contributed by atoms with E-state index in [1.165, 1.54) is 0 Å². The van der Waals surface area contributed by atoms with Crippen LogP contribution < -0.4 is 0 Å². The predicted molar refractivity (Wildman–Crippen MR) is 84.8 cm³/mol. The summed E-state index contributed by atoms with van der Waals surface area (Å²) in [6.07, 6.45) is -1.93.